The Hall–Kier alpha value is -1.52. The van der Waals surface area contributed by atoms with Gasteiger partial charge in [-0.05, 0) is 24.5 Å². The van der Waals surface area contributed by atoms with Crippen LogP contribution in [0.3, 0.4) is 0 Å². The van der Waals surface area contributed by atoms with E-state index < -0.39 is 0 Å². The molecule has 5 heteroatoms. The van der Waals surface area contributed by atoms with Gasteiger partial charge in [-0.25, -0.2) is 0 Å². The summed E-state index contributed by atoms with van der Waals surface area (Å²) < 4.78 is 2.09. The number of aromatic nitrogens is 1. The molecule has 0 bridgehead atoms. The van der Waals surface area contributed by atoms with Crippen molar-refractivity contribution in [3.8, 4) is 0 Å². The fourth-order valence-electron chi connectivity index (χ4n) is 3.24. The molecule has 2 heterocycles. The SMILES string of the molecule is Cl.Cn1cc(CC(=O)N2CCCCC(N)C2)c2ccccc21. The minimum atomic E-state index is 0. The number of benzene rings is 1. The highest BCUT2D eigenvalue weighted by Crippen LogP contribution is 2.21. The average Bonchev–Trinajstić information content (AvgIpc) is 2.65. The number of hydrogen-bond acceptors (Lipinski definition) is 2. The van der Waals surface area contributed by atoms with E-state index in [1.54, 1.807) is 0 Å². The number of hydrogen-bond donors (Lipinski definition) is 1. The summed E-state index contributed by atoms with van der Waals surface area (Å²) in [6, 6.07) is 8.36. The predicted octanol–water partition coefficient (Wildman–Crippen LogP) is 2.48. The zero-order valence-corrected chi connectivity index (χ0v) is 13.8. The monoisotopic (exact) mass is 321 g/mol. The lowest BCUT2D eigenvalue weighted by molar-refractivity contribution is -0.130. The van der Waals surface area contributed by atoms with Gasteiger partial charge in [-0.1, -0.05) is 24.6 Å². The number of nitrogens with two attached hydrogens (primary N) is 1. The van der Waals surface area contributed by atoms with E-state index in [-0.39, 0.29) is 24.4 Å². The molecule has 3 rings (SSSR count). The zero-order valence-electron chi connectivity index (χ0n) is 13.0. The summed E-state index contributed by atoms with van der Waals surface area (Å²) in [7, 11) is 2.03. The first kappa shape index (κ1) is 16.8. The number of likely N-dealkylation sites (tertiary alicyclic amines) is 1. The van der Waals surface area contributed by atoms with Gasteiger partial charge in [-0.3, -0.25) is 4.79 Å². The molecule has 1 fully saturated rings. The van der Waals surface area contributed by atoms with Crippen molar-refractivity contribution < 1.29 is 4.79 Å². The van der Waals surface area contributed by atoms with Crippen LogP contribution in [0, 0.1) is 0 Å². The zero-order chi connectivity index (χ0) is 14.8. The second kappa shape index (κ2) is 7.16. The Morgan fingerprint density at radius 1 is 1.32 bits per heavy atom. The van der Waals surface area contributed by atoms with Crippen LogP contribution in [-0.2, 0) is 18.3 Å². The van der Waals surface area contributed by atoms with E-state index in [0.29, 0.717) is 13.0 Å². The van der Waals surface area contributed by atoms with Crippen molar-refractivity contribution in [2.45, 2.75) is 31.7 Å². The number of para-hydroxylation sites is 1. The number of aryl methyl sites for hydroxylation is 1. The molecule has 1 amide bonds. The summed E-state index contributed by atoms with van der Waals surface area (Å²) >= 11 is 0. The first-order chi connectivity index (χ1) is 10.1. The van der Waals surface area contributed by atoms with Gasteiger partial charge in [0, 0.05) is 43.3 Å². The van der Waals surface area contributed by atoms with E-state index in [9.17, 15) is 4.79 Å². The molecule has 1 atom stereocenters. The van der Waals surface area contributed by atoms with Crippen LogP contribution in [0.15, 0.2) is 30.5 Å². The molecule has 120 valence electrons. The van der Waals surface area contributed by atoms with Crippen molar-refractivity contribution in [3.05, 3.63) is 36.0 Å². The summed E-state index contributed by atoms with van der Waals surface area (Å²) in [5.41, 5.74) is 8.33. The third-order valence-corrected chi connectivity index (χ3v) is 4.38. The van der Waals surface area contributed by atoms with Gasteiger partial charge in [-0.2, -0.15) is 0 Å². The Morgan fingerprint density at radius 2 is 2.09 bits per heavy atom. The van der Waals surface area contributed by atoms with Crippen molar-refractivity contribution in [3.63, 3.8) is 0 Å². The molecule has 1 aromatic heterocycles. The highest BCUT2D eigenvalue weighted by atomic mass is 35.5. The molecule has 1 aromatic carbocycles. The molecule has 4 nitrogen and oxygen atoms in total. The Morgan fingerprint density at radius 3 is 2.91 bits per heavy atom. The van der Waals surface area contributed by atoms with Crippen molar-refractivity contribution in [1.82, 2.24) is 9.47 Å². The first-order valence-electron chi connectivity index (χ1n) is 7.71. The van der Waals surface area contributed by atoms with Gasteiger partial charge in [0.25, 0.3) is 0 Å². The first-order valence-corrected chi connectivity index (χ1v) is 7.71. The van der Waals surface area contributed by atoms with Crippen LogP contribution < -0.4 is 5.73 Å². The van der Waals surface area contributed by atoms with Crippen LogP contribution in [-0.4, -0.2) is 34.5 Å². The second-order valence-corrected chi connectivity index (χ2v) is 6.05. The smallest absolute Gasteiger partial charge is 0.227 e. The third kappa shape index (κ3) is 3.45. The Kier molecular flexibility index (Phi) is 5.48. The van der Waals surface area contributed by atoms with Gasteiger partial charge >= 0.3 is 0 Å². The maximum absolute atomic E-state index is 12.6. The fourth-order valence-corrected chi connectivity index (χ4v) is 3.24. The molecule has 22 heavy (non-hydrogen) atoms. The highest BCUT2D eigenvalue weighted by Gasteiger charge is 2.21. The maximum Gasteiger partial charge on any atom is 0.227 e. The quantitative estimate of drug-likeness (QED) is 0.924. The molecule has 1 aliphatic rings. The van der Waals surface area contributed by atoms with Crippen LogP contribution in [0.25, 0.3) is 10.9 Å². The Bertz CT molecular complexity index is 652. The number of nitrogens with zero attached hydrogens (tertiary/aromatic N) is 2. The number of carbonyl (C=O) groups excluding carboxylic acids is 1. The summed E-state index contributed by atoms with van der Waals surface area (Å²) in [5, 5.41) is 1.17. The van der Waals surface area contributed by atoms with Crippen molar-refractivity contribution in [2.24, 2.45) is 12.8 Å². The topological polar surface area (TPSA) is 51.3 Å². The standard InChI is InChI=1S/C17H23N3O.ClH/c1-19-11-13(15-7-2-3-8-16(15)19)10-17(21)20-9-5-4-6-14(18)12-20;/h2-3,7-8,11,14H,4-6,9-10,12,18H2,1H3;1H. The highest BCUT2D eigenvalue weighted by molar-refractivity contribution is 5.89. The molecule has 1 unspecified atom stereocenters. The van der Waals surface area contributed by atoms with Crippen molar-refractivity contribution >= 4 is 29.2 Å². The van der Waals surface area contributed by atoms with E-state index in [0.717, 1.165) is 31.4 Å². The molecule has 1 aliphatic heterocycles. The largest absolute Gasteiger partial charge is 0.350 e. The van der Waals surface area contributed by atoms with Gasteiger partial charge in [0.1, 0.15) is 0 Å². The van der Waals surface area contributed by atoms with Crippen LogP contribution in [0.4, 0.5) is 0 Å². The van der Waals surface area contributed by atoms with Crippen LogP contribution in [0.1, 0.15) is 24.8 Å². The summed E-state index contributed by atoms with van der Waals surface area (Å²) in [5.74, 6) is 0.198. The minimum Gasteiger partial charge on any atom is -0.350 e. The van der Waals surface area contributed by atoms with Gasteiger partial charge in [0.2, 0.25) is 5.91 Å². The van der Waals surface area contributed by atoms with Gasteiger partial charge in [0.05, 0.1) is 6.42 Å². The van der Waals surface area contributed by atoms with Crippen molar-refractivity contribution in [2.75, 3.05) is 13.1 Å². The average molecular weight is 322 g/mol. The molecule has 2 N–H and O–H groups in total. The van der Waals surface area contributed by atoms with E-state index >= 15 is 0 Å². The fraction of sp³-hybridized carbons (Fsp3) is 0.471. The van der Waals surface area contributed by atoms with Gasteiger partial charge < -0.3 is 15.2 Å². The van der Waals surface area contributed by atoms with Gasteiger partial charge in [0.15, 0.2) is 0 Å². The molecular weight excluding hydrogens is 298 g/mol. The number of carbonyl (C=O) groups is 1. The molecule has 0 radical (unpaired) electrons. The van der Waals surface area contributed by atoms with E-state index in [2.05, 4.69) is 22.9 Å². The van der Waals surface area contributed by atoms with Crippen LogP contribution >= 0.6 is 12.4 Å². The third-order valence-electron chi connectivity index (χ3n) is 4.38. The molecular formula is C17H24ClN3O. The molecule has 2 aromatic rings. The van der Waals surface area contributed by atoms with Gasteiger partial charge in [-0.15, -0.1) is 12.4 Å². The number of amides is 1. The predicted molar refractivity (Wildman–Crippen MR) is 92.3 cm³/mol. The molecule has 0 aliphatic carbocycles. The number of fused-ring (bicyclic) bond motifs is 1. The second-order valence-electron chi connectivity index (χ2n) is 6.05. The Labute approximate surface area is 137 Å². The van der Waals surface area contributed by atoms with E-state index in [1.165, 1.54) is 10.9 Å². The summed E-state index contributed by atoms with van der Waals surface area (Å²) in [4.78, 5) is 14.5. The lowest BCUT2D eigenvalue weighted by Gasteiger charge is -2.22. The van der Waals surface area contributed by atoms with Crippen LogP contribution in [0.2, 0.25) is 0 Å². The van der Waals surface area contributed by atoms with Crippen molar-refractivity contribution in [1.29, 1.82) is 0 Å². The number of rotatable bonds is 2. The molecule has 1 saturated heterocycles. The lowest BCUT2D eigenvalue weighted by atomic mass is 10.1. The molecule has 0 saturated carbocycles. The summed E-state index contributed by atoms with van der Waals surface area (Å²) in [6.07, 6.45) is 5.75. The minimum absolute atomic E-state index is 0. The van der Waals surface area contributed by atoms with Crippen LogP contribution in [0.5, 0.6) is 0 Å². The normalized spacial score (nSPS) is 18.8. The maximum atomic E-state index is 12.6. The lowest BCUT2D eigenvalue weighted by Crippen LogP contribution is -2.40. The summed E-state index contributed by atoms with van der Waals surface area (Å²) in [6.45, 7) is 1.54. The molecule has 0 spiro atoms. The van der Waals surface area contributed by atoms with E-state index in [4.69, 9.17) is 5.73 Å². The Balaban J connectivity index is 0.00000176. The van der Waals surface area contributed by atoms with E-state index in [1.807, 2.05) is 24.1 Å². The number of halogens is 1.